The van der Waals surface area contributed by atoms with Gasteiger partial charge in [-0.05, 0) is 37.9 Å². The average molecular weight is 354 g/mol. The van der Waals surface area contributed by atoms with Crippen molar-refractivity contribution in [1.82, 2.24) is 10.2 Å². The average Bonchev–Trinajstić information content (AvgIpc) is 3.25. The van der Waals surface area contributed by atoms with E-state index in [0.717, 1.165) is 45.4 Å². The lowest BCUT2D eigenvalue weighted by molar-refractivity contribution is -0.132. The molecular weight excluding hydrogens is 330 g/mol. The van der Waals surface area contributed by atoms with E-state index in [4.69, 9.17) is 4.74 Å². The van der Waals surface area contributed by atoms with Crippen LogP contribution in [0.2, 0.25) is 0 Å². The van der Waals surface area contributed by atoms with Gasteiger partial charge in [0.25, 0.3) is 5.91 Å². The SMILES string of the molecule is Cl.O=C(Nc1cccc(OCC(=O)N2CCCC2)c1)C1CCNC1. The Kier molecular flexibility index (Phi) is 6.87. The van der Waals surface area contributed by atoms with Crippen molar-refractivity contribution >= 4 is 29.9 Å². The smallest absolute Gasteiger partial charge is 0.260 e. The predicted octanol–water partition coefficient (Wildman–Crippen LogP) is 1.66. The van der Waals surface area contributed by atoms with Crippen LogP contribution in [0.1, 0.15) is 19.3 Å². The maximum Gasteiger partial charge on any atom is 0.260 e. The van der Waals surface area contributed by atoms with Gasteiger partial charge in [0.2, 0.25) is 5.91 Å². The van der Waals surface area contributed by atoms with Crippen LogP contribution in [0.3, 0.4) is 0 Å². The zero-order valence-electron chi connectivity index (χ0n) is 13.6. The van der Waals surface area contributed by atoms with E-state index in [1.807, 2.05) is 17.0 Å². The number of ether oxygens (including phenoxy) is 1. The van der Waals surface area contributed by atoms with Crippen molar-refractivity contribution in [1.29, 1.82) is 0 Å². The Morgan fingerprint density at radius 2 is 2.08 bits per heavy atom. The fraction of sp³-hybridized carbons (Fsp3) is 0.529. The fourth-order valence-electron chi connectivity index (χ4n) is 2.99. The number of benzene rings is 1. The number of anilines is 1. The predicted molar refractivity (Wildman–Crippen MR) is 94.6 cm³/mol. The number of nitrogens with zero attached hydrogens (tertiary/aromatic N) is 1. The van der Waals surface area contributed by atoms with Crippen LogP contribution in [0.4, 0.5) is 5.69 Å². The zero-order valence-corrected chi connectivity index (χ0v) is 14.4. The lowest BCUT2D eigenvalue weighted by atomic mass is 10.1. The first-order valence-corrected chi connectivity index (χ1v) is 8.24. The second kappa shape index (κ2) is 8.89. The Morgan fingerprint density at radius 1 is 1.29 bits per heavy atom. The van der Waals surface area contributed by atoms with Crippen LogP contribution in [0.25, 0.3) is 0 Å². The third-order valence-corrected chi connectivity index (χ3v) is 4.35. The summed E-state index contributed by atoms with van der Waals surface area (Å²) in [6.07, 6.45) is 3.01. The van der Waals surface area contributed by atoms with Crippen molar-refractivity contribution in [2.75, 3.05) is 38.1 Å². The molecule has 1 aromatic carbocycles. The number of likely N-dealkylation sites (tertiary alicyclic amines) is 1. The lowest BCUT2D eigenvalue weighted by Gasteiger charge is -2.16. The van der Waals surface area contributed by atoms with Gasteiger partial charge in [-0.25, -0.2) is 0 Å². The van der Waals surface area contributed by atoms with Crippen LogP contribution in [-0.4, -0.2) is 49.5 Å². The van der Waals surface area contributed by atoms with Crippen molar-refractivity contribution in [3.8, 4) is 5.75 Å². The summed E-state index contributed by atoms with van der Waals surface area (Å²) in [4.78, 5) is 25.9. The summed E-state index contributed by atoms with van der Waals surface area (Å²) in [5.41, 5.74) is 0.702. The molecule has 2 N–H and O–H groups in total. The molecule has 2 amide bonds. The summed E-state index contributed by atoms with van der Waals surface area (Å²) in [7, 11) is 0. The number of nitrogens with one attached hydrogen (secondary N) is 2. The van der Waals surface area contributed by atoms with Crippen LogP contribution in [-0.2, 0) is 9.59 Å². The minimum atomic E-state index is 0. The van der Waals surface area contributed by atoms with Crippen LogP contribution < -0.4 is 15.4 Å². The highest BCUT2D eigenvalue weighted by atomic mass is 35.5. The lowest BCUT2D eigenvalue weighted by Crippen LogP contribution is -2.32. The third kappa shape index (κ3) is 4.85. The molecule has 2 aliphatic rings. The number of halogens is 1. The van der Waals surface area contributed by atoms with Crippen molar-refractivity contribution in [3.63, 3.8) is 0 Å². The number of hydrogen-bond donors (Lipinski definition) is 2. The molecule has 2 heterocycles. The van der Waals surface area contributed by atoms with Gasteiger partial charge in [-0.15, -0.1) is 12.4 Å². The molecule has 132 valence electrons. The molecule has 1 atom stereocenters. The summed E-state index contributed by atoms with van der Waals surface area (Å²) in [5.74, 6) is 0.672. The second-order valence-corrected chi connectivity index (χ2v) is 6.08. The monoisotopic (exact) mass is 353 g/mol. The second-order valence-electron chi connectivity index (χ2n) is 6.08. The largest absolute Gasteiger partial charge is 0.484 e. The molecule has 6 nitrogen and oxygen atoms in total. The first-order chi connectivity index (χ1) is 11.2. The number of carbonyl (C=O) groups is 2. The molecular formula is C17H24ClN3O3. The maximum absolute atomic E-state index is 12.1. The van der Waals surface area contributed by atoms with Crippen LogP contribution in [0.15, 0.2) is 24.3 Å². The van der Waals surface area contributed by atoms with Gasteiger partial charge in [-0.2, -0.15) is 0 Å². The third-order valence-electron chi connectivity index (χ3n) is 4.35. The minimum Gasteiger partial charge on any atom is -0.484 e. The van der Waals surface area contributed by atoms with Crippen LogP contribution >= 0.6 is 12.4 Å². The number of hydrogen-bond acceptors (Lipinski definition) is 4. The van der Waals surface area contributed by atoms with Gasteiger partial charge >= 0.3 is 0 Å². The standard InChI is InChI=1S/C17H23N3O3.ClH/c21-16(20-8-1-2-9-20)12-23-15-5-3-4-14(10-15)19-17(22)13-6-7-18-11-13;/h3-5,10,13,18H,1-2,6-9,11-12H2,(H,19,22);1H. The summed E-state index contributed by atoms with van der Waals surface area (Å²) in [5, 5.41) is 6.09. The summed E-state index contributed by atoms with van der Waals surface area (Å²) < 4.78 is 5.57. The molecule has 0 aliphatic carbocycles. The van der Waals surface area contributed by atoms with Gasteiger partial charge in [0.1, 0.15) is 5.75 Å². The van der Waals surface area contributed by atoms with E-state index in [9.17, 15) is 9.59 Å². The Balaban J connectivity index is 0.00000208. The van der Waals surface area contributed by atoms with Gasteiger partial charge in [-0.3, -0.25) is 9.59 Å². The van der Waals surface area contributed by atoms with Crippen molar-refractivity contribution < 1.29 is 14.3 Å². The van der Waals surface area contributed by atoms with Gasteiger partial charge in [0, 0.05) is 31.4 Å². The Bertz CT molecular complexity index is 570. The van der Waals surface area contributed by atoms with Gasteiger partial charge in [-0.1, -0.05) is 6.07 Å². The Hall–Kier alpha value is -1.79. The van der Waals surface area contributed by atoms with Gasteiger partial charge in [0.05, 0.1) is 5.92 Å². The minimum absolute atomic E-state index is 0. The molecule has 2 aliphatic heterocycles. The Morgan fingerprint density at radius 3 is 2.79 bits per heavy atom. The molecule has 1 unspecified atom stereocenters. The quantitative estimate of drug-likeness (QED) is 0.844. The fourth-order valence-corrected chi connectivity index (χ4v) is 2.99. The van der Waals surface area contributed by atoms with Gasteiger partial charge in [0.15, 0.2) is 6.61 Å². The van der Waals surface area contributed by atoms with E-state index in [1.54, 1.807) is 12.1 Å². The van der Waals surface area contributed by atoms with E-state index in [-0.39, 0.29) is 36.7 Å². The van der Waals surface area contributed by atoms with Crippen LogP contribution in [0.5, 0.6) is 5.75 Å². The zero-order chi connectivity index (χ0) is 16.1. The highest BCUT2D eigenvalue weighted by Gasteiger charge is 2.22. The number of carbonyl (C=O) groups excluding carboxylic acids is 2. The first kappa shape index (κ1) is 18.5. The highest BCUT2D eigenvalue weighted by molar-refractivity contribution is 5.93. The van der Waals surface area contributed by atoms with E-state index in [1.165, 1.54) is 0 Å². The van der Waals surface area contributed by atoms with E-state index in [2.05, 4.69) is 10.6 Å². The topological polar surface area (TPSA) is 70.7 Å². The number of amides is 2. The Labute approximate surface area is 148 Å². The molecule has 2 fully saturated rings. The van der Waals surface area contributed by atoms with Crippen molar-refractivity contribution in [3.05, 3.63) is 24.3 Å². The molecule has 0 spiro atoms. The van der Waals surface area contributed by atoms with Crippen molar-refractivity contribution in [2.45, 2.75) is 19.3 Å². The number of rotatable bonds is 5. The van der Waals surface area contributed by atoms with Crippen LogP contribution in [0, 0.1) is 5.92 Å². The molecule has 24 heavy (non-hydrogen) atoms. The molecule has 3 rings (SSSR count). The summed E-state index contributed by atoms with van der Waals surface area (Å²) in [6, 6.07) is 7.20. The molecule has 0 radical (unpaired) electrons. The van der Waals surface area contributed by atoms with E-state index < -0.39 is 0 Å². The molecule has 7 heteroatoms. The normalized spacial score (nSPS) is 19.7. The first-order valence-electron chi connectivity index (χ1n) is 8.24. The summed E-state index contributed by atoms with van der Waals surface area (Å²) in [6.45, 7) is 3.32. The van der Waals surface area contributed by atoms with E-state index >= 15 is 0 Å². The highest BCUT2D eigenvalue weighted by Crippen LogP contribution is 2.19. The molecule has 0 bridgehead atoms. The molecule has 0 saturated carbocycles. The molecule has 2 saturated heterocycles. The van der Waals surface area contributed by atoms with Gasteiger partial charge < -0.3 is 20.3 Å². The van der Waals surface area contributed by atoms with Crippen molar-refractivity contribution in [2.24, 2.45) is 5.92 Å². The van der Waals surface area contributed by atoms with E-state index in [0.29, 0.717) is 11.4 Å². The molecule has 1 aromatic rings. The maximum atomic E-state index is 12.1. The molecule has 0 aromatic heterocycles. The summed E-state index contributed by atoms with van der Waals surface area (Å²) >= 11 is 0.